The van der Waals surface area contributed by atoms with Crippen LogP contribution in [-0.2, 0) is 16.0 Å². The van der Waals surface area contributed by atoms with Crippen LogP contribution in [0, 0.1) is 0 Å². The fraction of sp³-hybridized carbons (Fsp3) is 0.158. The first kappa shape index (κ1) is 17.2. The lowest BCUT2D eigenvalue weighted by atomic mass is 10.1. The molecular weight excluding hydrogens is 382 g/mol. The van der Waals surface area contributed by atoms with Gasteiger partial charge in [0, 0.05) is 34.7 Å². The lowest BCUT2D eigenvalue weighted by molar-refractivity contribution is -0.138. The first-order valence-corrected chi connectivity index (χ1v) is 8.63. The van der Waals surface area contributed by atoms with Crippen LogP contribution >= 0.6 is 15.9 Å². The topological polar surface area (TPSA) is 56.1 Å². The Hall–Kier alpha value is -2.60. The van der Waals surface area contributed by atoms with Gasteiger partial charge >= 0.3 is 5.97 Å². The molecule has 3 rings (SSSR count). The number of methoxy groups -OCH3 is 1. The van der Waals surface area contributed by atoms with Crippen molar-refractivity contribution in [2.45, 2.75) is 6.42 Å². The molecule has 1 N–H and O–H groups in total. The number of halogens is 1. The molecule has 25 heavy (non-hydrogen) atoms. The van der Waals surface area contributed by atoms with E-state index in [-0.39, 0.29) is 12.5 Å². The normalized spacial score (nSPS) is 10.5. The van der Waals surface area contributed by atoms with Crippen LogP contribution in [0.1, 0.15) is 11.4 Å². The van der Waals surface area contributed by atoms with Crippen LogP contribution in [-0.4, -0.2) is 29.2 Å². The van der Waals surface area contributed by atoms with Crippen molar-refractivity contribution in [2.24, 2.45) is 0 Å². The van der Waals surface area contributed by atoms with E-state index in [1.807, 2.05) is 42.6 Å². The number of nitrogens with zero attached hydrogens (tertiary/aromatic N) is 2. The van der Waals surface area contributed by atoms with Gasteiger partial charge in [0.15, 0.2) is 0 Å². The lowest BCUT2D eigenvalue weighted by Gasteiger charge is -2.10. The summed E-state index contributed by atoms with van der Waals surface area (Å²) in [5, 5.41) is 3.02. The summed E-state index contributed by atoms with van der Waals surface area (Å²) in [6.07, 6.45) is 4.51. The number of benzene rings is 2. The third-order valence-electron chi connectivity index (χ3n) is 3.80. The van der Waals surface area contributed by atoms with Gasteiger partial charge in [-0.2, -0.15) is 0 Å². The minimum absolute atomic E-state index is 0.149. The van der Waals surface area contributed by atoms with Crippen molar-refractivity contribution in [1.82, 2.24) is 9.55 Å². The van der Waals surface area contributed by atoms with Crippen molar-refractivity contribution in [2.75, 3.05) is 19.0 Å². The molecule has 0 spiro atoms. The van der Waals surface area contributed by atoms with Crippen LogP contribution in [0.15, 0.2) is 65.4 Å². The van der Waals surface area contributed by atoms with Crippen molar-refractivity contribution in [3.8, 4) is 5.69 Å². The Kier molecular flexibility index (Phi) is 5.50. The van der Waals surface area contributed by atoms with Gasteiger partial charge in [0.2, 0.25) is 0 Å². The van der Waals surface area contributed by atoms with E-state index in [0.717, 1.165) is 28.1 Å². The Morgan fingerprint density at radius 3 is 2.56 bits per heavy atom. The maximum absolute atomic E-state index is 11.2. The SMILES string of the molecule is COC(=O)CNc1ccc(-n2ccnc2Cc2ccc(Br)cc2)cc1. The number of hydrogen-bond donors (Lipinski definition) is 1. The molecule has 0 aliphatic heterocycles. The number of rotatable bonds is 6. The highest BCUT2D eigenvalue weighted by Crippen LogP contribution is 2.18. The molecule has 0 atom stereocenters. The van der Waals surface area contributed by atoms with E-state index in [9.17, 15) is 4.79 Å². The quantitative estimate of drug-likeness (QED) is 0.640. The molecule has 128 valence electrons. The predicted octanol–water partition coefficient (Wildman–Crippen LogP) is 3.81. The summed E-state index contributed by atoms with van der Waals surface area (Å²) in [6, 6.07) is 16.1. The molecule has 0 unspecified atom stereocenters. The van der Waals surface area contributed by atoms with Crippen molar-refractivity contribution in [1.29, 1.82) is 0 Å². The first-order chi connectivity index (χ1) is 12.2. The predicted molar refractivity (Wildman–Crippen MR) is 101 cm³/mol. The van der Waals surface area contributed by atoms with Gasteiger partial charge in [-0.1, -0.05) is 28.1 Å². The number of esters is 1. The standard InChI is InChI=1S/C19H18BrN3O2/c1-25-19(24)13-22-16-6-8-17(9-7-16)23-11-10-21-18(23)12-14-2-4-15(20)5-3-14/h2-11,22H,12-13H2,1H3. The number of anilines is 1. The van der Waals surface area contributed by atoms with Crippen molar-refractivity contribution in [3.63, 3.8) is 0 Å². The van der Waals surface area contributed by atoms with Crippen LogP contribution in [0.2, 0.25) is 0 Å². The van der Waals surface area contributed by atoms with Gasteiger partial charge in [0.05, 0.1) is 7.11 Å². The molecule has 3 aromatic rings. The molecule has 0 saturated carbocycles. The minimum Gasteiger partial charge on any atom is -0.468 e. The van der Waals surface area contributed by atoms with Crippen LogP contribution in [0.5, 0.6) is 0 Å². The Morgan fingerprint density at radius 1 is 1.16 bits per heavy atom. The summed E-state index contributed by atoms with van der Waals surface area (Å²) >= 11 is 3.45. The van der Waals surface area contributed by atoms with Crippen LogP contribution in [0.3, 0.4) is 0 Å². The molecule has 6 heteroatoms. The molecule has 0 aliphatic carbocycles. The number of hydrogen-bond acceptors (Lipinski definition) is 4. The van der Waals surface area contributed by atoms with Crippen LogP contribution in [0.25, 0.3) is 5.69 Å². The van der Waals surface area contributed by atoms with E-state index in [0.29, 0.717) is 0 Å². The Balaban J connectivity index is 1.73. The minimum atomic E-state index is -0.296. The maximum atomic E-state index is 11.2. The fourth-order valence-corrected chi connectivity index (χ4v) is 2.74. The smallest absolute Gasteiger partial charge is 0.325 e. The van der Waals surface area contributed by atoms with Gasteiger partial charge in [-0.05, 0) is 42.0 Å². The number of imidazole rings is 1. The Labute approximate surface area is 154 Å². The summed E-state index contributed by atoms with van der Waals surface area (Å²) in [4.78, 5) is 15.7. The summed E-state index contributed by atoms with van der Waals surface area (Å²) in [5.41, 5.74) is 3.09. The van der Waals surface area contributed by atoms with Gasteiger partial charge in [-0.25, -0.2) is 4.98 Å². The largest absolute Gasteiger partial charge is 0.468 e. The third kappa shape index (κ3) is 4.48. The lowest BCUT2D eigenvalue weighted by Crippen LogP contribution is -2.14. The summed E-state index contributed by atoms with van der Waals surface area (Å²) in [5.74, 6) is 0.674. The van der Waals surface area contributed by atoms with Gasteiger partial charge in [0.25, 0.3) is 0 Å². The zero-order chi connectivity index (χ0) is 17.6. The van der Waals surface area contributed by atoms with E-state index < -0.39 is 0 Å². The highest BCUT2D eigenvalue weighted by Gasteiger charge is 2.07. The highest BCUT2D eigenvalue weighted by molar-refractivity contribution is 9.10. The monoisotopic (exact) mass is 399 g/mol. The van der Waals surface area contributed by atoms with E-state index in [1.165, 1.54) is 12.7 Å². The Morgan fingerprint density at radius 2 is 1.88 bits per heavy atom. The number of carbonyl (C=O) groups is 1. The molecule has 0 bridgehead atoms. The second-order valence-electron chi connectivity index (χ2n) is 5.49. The van der Waals surface area contributed by atoms with E-state index in [1.54, 1.807) is 6.20 Å². The fourth-order valence-electron chi connectivity index (χ4n) is 2.47. The molecule has 2 aromatic carbocycles. The molecule has 1 aromatic heterocycles. The molecule has 0 saturated heterocycles. The van der Waals surface area contributed by atoms with Gasteiger partial charge in [0.1, 0.15) is 12.4 Å². The Bertz CT molecular complexity index is 842. The van der Waals surface area contributed by atoms with Crippen molar-refractivity contribution in [3.05, 3.63) is 76.8 Å². The zero-order valence-corrected chi connectivity index (χ0v) is 15.4. The molecular formula is C19H18BrN3O2. The summed E-state index contributed by atoms with van der Waals surface area (Å²) in [6.45, 7) is 0.149. The number of nitrogens with one attached hydrogen (secondary N) is 1. The summed E-state index contributed by atoms with van der Waals surface area (Å²) in [7, 11) is 1.37. The van der Waals surface area contributed by atoms with E-state index in [4.69, 9.17) is 0 Å². The average molecular weight is 400 g/mol. The maximum Gasteiger partial charge on any atom is 0.325 e. The number of ether oxygens (including phenoxy) is 1. The molecule has 1 heterocycles. The zero-order valence-electron chi connectivity index (χ0n) is 13.8. The second-order valence-corrected chi connectivity index (χ2v) is 6.41. The molecule has 5 nitrogen and oxygen atoms in total. The average Bonchev–Trinajstić information content (AvgIpc) is 3.10. The molecule has 0 radical (unpaired) electrons. The third-order valence-corrected chi connectivity index (χ3v) is 4.33. The van der Waals surface area contributed by atoms with Gasteiger partial charge in [-0.3, -0.25) is 4.79 Å². The summed E-state index contributed by atoms with van der Waals surface area (Å²) < 4.78 is 7.74. The van der Waals surface area contributed by atoms with Crippen molar-refractivity contribution >= 4 is 27.6 Å². The van der Waals surface area contributed by atoms with E-state index in [2.05, 4.69) is 47.7 Å². The molecule has 0 fully saturated rings. The van der Waals surface area contributed by atoms with E-state index >= 15 is 0 Å². The first-order valence-electron chi connectivity index (χ1n) is 7.83. The van der Waals surface area contributed by atoms with Gasteiger partial charge < -0.3 is 14.6 Å². The second kappa shape index (κ2) is 7.98. The number of carbonyl (C=O) groups excluding carboxylic acids is 1. The number of aromatic nitrogens is 2. The highest BCUT2D eigenvalue weighted by atomic mass is 79.9. The van der Waals surface area contributed by atoms with Gasteiger partial charge in [-0.15, -0.1) is 0 Å². The van der Waals surface area contributed by atoms with Crippen molar-refractivity contribution < 1.29 is 9.53 Å². The van der Waals surface area contributed by atoms with Crippen LogP contribution < -0.4 is 5.32 Å². The molecule has 0 aliphatic rings. The molecule has 0 amide bonds. The van der Waals surface area contributed by atoms with Crippen LogP contribution in [0.4, 0.5) is 5.69 Å².